The molecule has 0 aliphatic heterocycles. The first-order valence-electron chi connectivity index (χ1n) is 41.2. The standard InChI is InChI=1S/C115H78N2/c1-113(2)103-61-71(49-55-91(103)93-59-53-79(69-105(93)113)116(109-65-75-25-5-9-29-81(75)85-33-13-17-39-97(85)109)110-66-76-26-6-10-30-82(76)86-34-14-18-40-98(86)110)45-47-73-51-57-95-96-58-52-74(64-108(96)115(107(95)63-73)101-43-23-21-37-89(101)90-38-22-24-44-102(90)115)48-46-72-50-56-92-94-60-54-80(70-106(94)114(3,4)104(92)62-72)117(111-67-77-27-7-11-31-83(77)87-35-15-19-41-99(87)111)112-68-78-28-8-12-32-84(78)88-36-16-20-42-100(88)112/h5-70H,1-4H3. The molecule has 1 spiro atoms. The fourth-order valence-corrected chi connectivity index (χ4v) is 21.4. The zero-order valence-electron chi connectivity index (χ0n) is 65.5. The predicted molar refractivity (Wildman–Crippen MR) is 498 cm³/mol. The van der Waals surface area contributed by atoms with Crippen LogP contribution in [0.4, 0.5) is 34.1 Å². The van der Waals surface area contributed by atoms with Crippen LogP contribution in [-0.2, 0) is 16.2 Å². The van der Waals surface area contributed by atoms with Gasteiger partial charge in [0.2, 0.25) is 0 Å². The van der Waals surface area contributed by atoms with E-state index in [1.54, 1.807) is 0 Å². The van der Waals surface area contributed by atoms with Gasteiger partial charge in [0.15, 0.2) is 0 Å². The fraction of sp³-hybridized carbons (Fsp3) is 0.0609. The Hall–Kier alpha value is -14.4. The second-order valence-electron chi connectivity index (χ2n) is 33.8. The first kappa shape index (κ1) is 67.1. The number of rotatable bonds is 10. The van der Waals surface area contributed by atoms with Gasteiger partial charge >= 0.3 is 0 Å². The van der Waals surface area contributed by atoms with E-state index in [0.29, 0.717) is 0 Å². The molecular formula is C115H78N2. The third kappa shape index (κ3) is 9.86. The molecule has 0 saturated carbocycles. The normalized spacial score (nSPS) is 14.1. The van der Waals surface area contributed by atoms with E-state index >= 15 is 0 Å². The number of benzene rings is 20. The quantitative estimate of drug-likeness (QED) is 0.0995. The molecule has 0 atom stereocenters. The van der Waals surface area contributed by atoms with Crippen LogP contribution in [0.25, 0.3) is 155 Å². The summed E-state index contributed by atoms with van der Waals surface area (Å²) in [5, 5.41) is 19.7. The maximum absolute atomic E-state index is 2.55. The molecule has 20 aromatic carbocycles. The Kier molecular flexibility index (Phi) is 14.5. The fourth-order valence-electron chi connectivity index (χ4n) is 21.4. The first-order chi connectivity index (χ1) is 57.5. The number of fused-ring (bicyclic) bond motifs is 28. The summed E-state index contributed by atoms with van der Waals surface area (Å²) in [6.45, 7) is 9.68. The van der Waals surface area contributed by atoms with Crippen molar-refractivity contribution >= 4 is 145 Å². The maximum atomic E-state index is 2.55. The van der Waals surface area contributed by atoms with Crippen molar-refractivity contribution in [3.05, 3.63) is 443 Å². The van der Waals surface area contributed by atoms with Crippen LogP contribution >= 0.6 is 0 Å². The van der Waals surface area contributed by atoms with Gasteiger partial charge in [0.1, 0.15) is 0 Å². The van der Waals surface area contributed by atoms with Crippen LogP contribution in [0.15, 0.2) is 376 Å². The summed E-state index contributed by atoms with van der Waals surface area (Å²) >= 11 is 0. The summed E-state index contributed by atoms with van der Waals surface area (Å²) in [7, 11) is 0. The van der Waals surface area contributed by atoms with E-state index in [2.05, 4.69) is 438 Å². The Balaban J connectivity index is 0.566. The number of nitrogens with zero attached hydrogens (tertiary/aromatic N) is 2. The highest BCUT2D eigenvalue weighted by molar-refractivity contribution is 6.21. The molecule has 0 N–H and O–H groups in total. The van der Waals surface area contributed by atoms with Crippen molar-refractivity contribution in [2.24, 2.45) is 0 Å². The Morgan fingerprint density at radius 2 is 0.402 bits per heavy atom. The summed E-state index contributed by atoms with van der Waals surface area (Å²) < 4.78 is 0. The molecule has 117 heavy (non-hydrogen) atoms. The lowest BCUT2D eigenvalue weighted by atomic mass is 9.70. The molecule has 0 fully saturated rings. The number of anilines is 6. The molecule has 0 amide bonds. The van der Waals surface area contributed by atoms with Gasteiger partial charge in [0.25, 0.3) is 0 Å². The van der Waals surface area contributed by atoms with Gasteiger partial charge in [-0.25, -0.2) is 0 Å². The highest BCUT2D eigenvalue weighted by atomic mass is 15.2. The zero-order valence-corrected chi connectivity index (χ0v) is 65.5. The van der Waals surface area contributed by atoms with Crippen molar-refractivity contribution in [1.82, 2.24) is 0 Å². The third-order valence-electron chi connectivity index (χ3n) is 26.9. The Morgan fingerprint density at radius 1 is 0.179 bits per heavy atom. The van der Waals surface area contributed by atoms with Crippen molar-refractivity contribution in [3.63, 3.8) is 0 Å². The monoisotopic (exact) mass is 1490 g/mol. The van der Waals surface area contributed by atoms with Crippen LogP contribution in [0.2, 0.25) is 0 Å². The third-order valence-corrected chi connectivity index (χ3v) is 26.9. The van der Waals surface area contributed by atoms with E-state index in [1.807, 2.05) is 0 Å². The summed E-state index contributed by atoms with van der Waals surface area (Å²) in [4.78, 5) is 5.10. The largest absolute Gasteiger partial charge is 0.309 e. The summed E-state index contributed by atoms with van der Waals surface area (Å²) in [5.41, 5.74) is 31.4. The molecule has 0 unspecified atom stereocenters. The van der Waals surface area contributed by atoms with E-state index < -0.39 is 5.41 Å². The van der Waals surface area contributed by atoms with Gasteiger partial charge in [-0.1, -0.05) is 367 Å². The first-order valence-corrected chi connectivity index (χ1v) is 41.2. The molecule has 548 valence electrons. The van der Waals surface area contributed by atoms with Crippen LogP contribution in [0.5, 0.6) is 0 Å². The molecule has 24 rings (SSSR count). The lowest BCUT2D eigenvalue weighted by molar-refractivity contribution is 0.660. The van der Waals surface area contributed by atoms with Crippen molar-refractivity contribution < 1.29 is 0 Å². The molecule has 2 heteroatoms. The molecule has 4 aliphatic rings. The summed E-state index contributed by atoms with van der Waals surface area (Å²) in [5.74, 6) is 0. The molecule has 4 aliphatic carbocycles. The van der Waals surface area contributed by atoms with E-state index in [9.17, 15) is 0 Å². The van der Waals surface area contributed by atoms with E-state index in [0.717, 1.165) is 34.1 Å². The smallest absolute Gasteiger partial charge is 0.0725 e. The van der Waals surface area contributed by atoms with Crippen molar-refractivity contribution in [2.75, 3.05) is 9.80 Å². The Morgan fingerprint density at radius 3 is 0.709 bits per heavy atom. The number of hydrogen-bond donors (Lipinski definition) is 0. The lowest BCUT2D eigenvalue weighted by Gasteiger charge is -2.31. The average molecular weight is 1490 g/mol. The van der Waals surface area contributed by atoms with E-state index in [-0.39, 0.29) is 10.8 Å². The molecule has 0 bridgehead atoms. The molecule has 0 heterocycles. The second kappa shape index (κ2) is 25.3. The highest BCUT2D eigenvalue weighted by Crippen LogP contribution is 2.64. The Bertz CT molecular complexity index is 7090. The average Bonchev–Trinajstić information content (AvgIpc) is 1.51. The maximum Gasteiger partial charge on any atom is 0.0725 e. The van der Waals surface area contributed by atoms with Crippen molar-refractivity contribution in [3.8, 4) is 44.5 Å². The highest BCUT2D eigenvalue weighted by Gasteiger charge is 2.52. The summed E-state index contributed by atoms with van der Waals surface area (Å²) in [6.07, 6.45) is 9.37. The van der Waals surface area contributed by atoms with E-state index in [1.165, 1.54) is 197 Å². The molecule has 2 nitrogen and oxygen atoms in total. The van der Waals surface area contributed by atoms with Gasteiger partial charge in [-0.3, -0.25) is 0 Å². The van der Waals surface area contributed by atoms with Gasteiger partial charge in [-0.15, -0.1) is 0 Å². The summed E-state index contributed by atoms with van der Waals surface area (Å²) in [6, 6.07) is 142. The Labute approximate surface area is 681 Å². The lowest BCUT2D eigenvalue weighted by Crippen LogP contribution is -2.26. The molecule has 0 radical (unpaired) electrons. The van der Waals surface area contributed by atoms with Gasteiger partial charge < -0.3 is 9.80 Å². The molecule has 20 aromatic rings. The minimum Gasteiger partial charge on any atom is -0.309 e. The van der Waals surface area contributed by atoms with Crippen LogP contribution in [-0.4, -0.2) is 0 Å². The van der Waals surface area contributed by atoms with Crippen LogP contribution in [0, 0.1) is 0 Å². The minimum absolute atomic E-state index is 0.302. The van der Waals surface area contributed by atoms with Crippen LogP contribution in [0.3, 0.4) is 0 Å². The minimum atomic E-state index is -0.535. The van der Waals surface area contributed by atoms with Gasteiger partial charge in [0.05, 0.1) is 28.2 Å². The number of hydrogen-bond acceptors (Lipinski definition) is 2. The zero-order chi connectivity index (χ0) is 77.6. The van der Waals surface area contributed by atoms with Crippen molar-refractivity contribution in [1.29, 1.82) is 0 Å². The van der Waals surface area contributed by atoms with Crippen LogP contribution in [0.1, 0.15) is 94.5 Å². The topological polar surface area (TPSA) is 6.48 Å². The SMILES string of the molecule is CC1(C)c2cc(C=Cc3ccc4c(c3)C3(c5ccccc5-c5ccccc53)c3cc(C=Cc5ccc6c(c5)C(C)(C)c5cc(N(c7cc8ccccc8c8ccccc78)c7cc8ccccc8c8ccccc78)ccc5-6)ccc3-4)ccc2-c2ccc(N(c3cc4ccccc4c4ccccc34)c3cc4ccccc4c4ccccc34)cc21. The van der Waals surface area contributed by atoms with Crippen LogP contribution < -0.4 is 9.80 Å². The molecular weight excluding hydrogens is 1410 g/mol. The van der Waals surface area contributed by atoms with Gasteiger partial charge in [-0.2, -0.15) is 0 Å². The van der Waals surface area contributed by atoms with Gasteiger partial charge in [-0.05, 0) is 237 Å². The second-order valence-corrected chi connectivity index (χ2v) is 33.8. The van der Waals surface area contributed by atoms with E-state index in [4.69, 9.17) is 0 Å². The molecule has 0 saturated heterocycles. The molecule has 0 aromatic heterocycles. The van der Waals surface area contributed by atoms with Crippen molar-refractivity contribution in [2.45, 2.75) is 43.9 Å². The van der Waals surface area contributed by atoms with Gasteiger partial charge in [0, 0.05) is 43.7 Å². The predicted octanol–water partition coefficient (Wildman–Crippen LogP) is 31.1.